The number of carboxylic acid groups (broad SMARTS) is 1. The van der Waals surface area contributed by atoms with Crippen molar-refractivity contribution < 1.29 is 14.3 Å². The first-order valence-electron chi connectivity index (χ1n) is 6.23. The SMILES string of the molecule is C[C@@H](NCc1cc(C(=O)O)ccc1F)c1cccnc1. The predicted molar refractivity (Wildman–Crippen MR) is 72.9 cm³/mol. The van der Waals surface area contributed by atoms with Crippen molar-refractivity contribution in [2.75, 3.05) is 0 Å². The van der Waals surface area contributed by atoms with Crippen LogP contribution in [0.1, 0.15) is 34.5 Å². The Labute approximate surface area is 116 Å². The molecule has 0 aliphatic heterocycles. The van der Waals surface area contributed by atoms with Crippen LogP contribution >= 0.6 is 0 Å². The van der Waals surface area contributed by atoms with E-state index in [-0.39, 0.29) is 18.2 Å². The van der Waals surface area contributed by atoms with Gasteiger partial charge in [-0.2, -0.15) is 0 Å². The van der Waals surface area contributed by atoms with Gasteiger partial charge in [0.15, 0.2) is 0 Å². The topological polar surface area (TPSA) is 62.2 Å². The maximum atomic E-state index is 13.6. The molecule has 1 aromatic carbocycles. The van der Waals surface area contributed by atoms with E-state index in [4.69, 9.17) is 5.11 Å². The molecule has 20 heavy (non-hydrogen) atoms. The van der Waals surface area contributed by atoms with Crippen LogP contribution in [0.15, 0.2) is 42.7 Å². The van der Waals surface area contributed by atoms with Crippen LogP contribution in [0.5, 0.6) is 0 Å². The first kappa shape index (κ1) is 14.1. The molecule has 104 valence electrons. The largest absolute Gasteiger partial charge is 0.478 e. The number of aromatic carboxylic acids is 1. The van der Waals surface area contributed by atoms with E-state index in [1.807, 2.05) is 19.1 Å². The number of nitrogens with zero attached hydrogens (tertiary/aromatic N) is 1. The van der Waals surface area contributed by atoms with E-state index in [1.54, 1.807) is 12.4 Å². The molecule has 2 aromatic rings. The summed E-state index contributed by atoms with van der Waals surface area (Å²) in [5.74, 6) is -1.48. The van der Waals surface area contributed by atoms with Gasteiger partial charge in [0.25, 0.3) is 0 Å². The lowest BCUT2D eigenvalue weighted by atomic mass is 10.1. The van der Waals surface area contributed by atoms with Crippen molar-refractivity contribution in [1.29, 1.82) is 0 Å². The summed E-state index contributed by atoms with van der Waals surface area (Å²) in [4.78, 5) is 14.9. The minimum absolute atomic E-state index is 0.00316. The molecule has 0 bridgehead atoms. The standard InChI is InChI=1S/C15H15FN2O2/c1-10(12-3-2-6-17-8-12)18-9-13-7-11(15(19)20)4-5-14(13)16/h2-8,10,18H,9H2,1H3,(H,19,20)/t10-/m1/s1. The second-order valence-electron chi connectivity index (χ2n) is 4.50. The summed E-state index contributed by atoms with van der Waals surface area (Å²) in [6.45, 7) is 2.19. The monoisotopic (exact) mass is 274 g/mol. The molecule has 2 N–H and O–H groups in total. The van der Waals surface area contributed by atoms with E-state index >= 15 is 0 Å². The highest BCUT2D eigenvalue weighted by Gasteiger charge is 2.10. The number of hydrogen-bond donors (Lipinski definition) is 2. The molecule has 1 aromatic heterocycles. The molecule has 0 aliphatic rings. The van der Waals surface area contributed by atoms with E-state index in [9.17, 15) is 9.18 Å². The number of halogens is 1. The van der Waals surface area contributed by atoms with Crippen LogP contribution in [0, 0.1) is 5.82 Å². The Balaban J connectivity index is 2.07. The number of aromatic nitrogens is 1. The molecule has 0 amide bonds. The molecule has 0 aliphatic carbocycles. The normalized spacial score (nSPS) is 12.1. The average molecular weight is 274 g/mol. The number of carbonyl (C=O) groups is 1. The molecule has 1 heterocycles. The van der Waals surface area contributed by atoms with E-state index in [0.717, 1.165) is 5.56 Å². The van der Waals surface area contributed by atoms with E-state index in [0.29, 0.717) is 5.56 Å². The van der Waals surface area contributed by atoms with Crippen molar-refractivity contribution in [2.24, 2.45) is 0 Å². The first-order valence-corrected chi connectivity index (χ1v) is 6.23. The zero-order valence-electron chi connectivity index (χ0n) is 11.0. The molecule has 0 saturated heterocycles. The maximum Gasteiger partial charge on any atom is 0.335 e. The van der Waals surface area contributed by atoms with E-state index < -0.39 is 11.8 Å². The molecule has 0 unspecified atom stereocenters. The molecular formula is C15H15FN2O2. The van der Waals surface area contributed by atoms with Gasteiger partial charge in [-0.15, -0.1) is 0 Å². The van der Waals surface area contributed by atoms with E-state index in [1.165, 1.54) is 18.2 Å². The summed E-state index contributed by atoms with van der Waals surface area (Å²) in [7, 11) is 0. The zero-order chi connectivity index (χ0) is 14.5. The van der Waals surface area contributed by atoms with Crippen molar-refractivity contribution in [3.8, 4) is 0 Å². The number of carboxylic acids is 1. The minimum Gasteiger partial charge on any atom is -0.478 e. The van der Waals surface area contributed by atoms with Gasteiger partial charge in [-0.25, -0.2) is 9.18 Å². The Bertz CT molecular complexity index is 602. The fraction of sp³-hybridized carbons (Fsp3) is 0.200. The van der Waals surface area contributed by atoms with Crippen LogP contribution in [0.3, 0.4) is 0 Å². The molecule has 0 radical (unpaired) electrons. The molecular weight excluding hydrogens is 259 g/mol. The quantitative estimate of drug-likeness (QED) is 0.880. The Morgan fingerprint density at radius 3 is 2.90 bits per heavy atom. The molecule has 0 spiro atoms. The summed E-state index contributed by atoms with van der Waals surface area (Å²) in [6, 6.07) is 7.53. The number of hydrogen-bond acceptors (Lipinski definition) is 3. The molecule has 0 saturated carbocycles. The summed E-state index contributed by atoms with van der Waals surface area (Å²) >= 11 is 0. The Kier molecular flexibility index (Phi) is 4.42. The second-order valence-corrected chi connectivity index (χ2v) is 4.50. The lowest BCUT2D eigenvalue weighted by Crippen LogP contribution is -2.19. The minimum atomic E-state index is -1.06. The summed E-state index contributed by atoms with van der Waals surface area (Å²) in [6.07, 6.45) is 3.42. The lowest BCUT2D eigenvalue weighted by molar-refractivity contribution is 0.0696. The molecule has 2 rings (SSSR count). The van der Waals surface area contributed by atoms with E-state index in [2.05, 4.69) is 10.3 Å². The van der Waals surface area contributed by atoms with Gasteiger partial charge in [0.05, 0.1) is 5.56 Å². The average Bonchev–Trinajstić information content (AvgIpc) is 2.46. The zero-order valence-corrected chi connectivity index (χ0v) is 11.0. The van der Waals surface area contributed by atoms with Crippen LogP contribution in [-0.4, -0.2) is 16.1 Å². The first-order chi connectivity index (χ1) is 9.58. The van der Waals surface area contributed by atoms with Crippen molar-refractivity contribution in [2.45, 2.75) is 19.5 Å². The molecule has 5 heteroatoms. The Morgan fingerprint density at radius 2 is 2.25 bits per heavy atom. The number of pyridine rings is 1. The third-order valence-corrected chi connectivity index (χ3v) is 3.08. The highest BCUT2D eigenvalue weighted by atomic mass is 19.1. The van der Waals surface area contributed by atoms with Gasteiger partial charge in [0.1, 0.15) is 5.82 Å². The fourth-order valence-electron chi connectivity index (χ4n) is 1.86. The van der Waals surface area contributed by atoms with Crippen LogP contribution in [0.4, 0.5) is 4.39 Å². The second kappa shape index (κ2) is 6.25. The summed E-state index contributed by atoms with van der Waals surface area (Å²) in [5, 5.41) is 12.1. The third-order valence-electron chi connectivity index (χ3n) is 3.08. The van der Waals surface area contributed by atoms with Crippen LogP contribution in [-0.2, 0) is 6.54 Å². The van der Waals surface area contributed by atoms with Gasteiger partial charge >= 0.3 is 5.97 Å². The van der Waals surface area contributed by atoms with Gasteiger partial charge in [-0.1, -0.05) is 6.07 Å². The van der Waals surface area contributed by atoms with Crippen LogP contribution in [0.2, 0.25) is 0 Å². The highest BCUT2D eigenvalue weighted by molar-refractivity contribution is 5.87. The summed E-state index contributed by atoms with van der Waals surface area (Å²) in [5.41, 5.74) is 1.40. The van der Waals surface area contributed by atoms with Crippen LogP contribution < -0.4 is 5.32 Å². The smallest absolute Gasteiger partial charge is 0.335 e. The van der Waals surface area contributed by atoms with Gasteiger partial charge in [-0.05, 0) is 36.8 Å². The van der Waals surface area contributed by atoms with Crippen molar-refractivity contribution in [3.63, 3.8) is 0 Å². The number of nitrogens with one attached hydrogen (secondary N) is 1. The maximum absolute atomic E-state index is 13.6. The lowest BCUT2D eigenvalue weighted by Gasteiger charge is -2.14. The molecule has 0 fully saturated rings. The van der Waals surface area contributed by atoms with Gasteiger partial charge < -0.3 is 10.4 Å². The Hall–Kier alpha value is -2.27. The Morgan fingerprint density at radius 1 is 1.45 bits per heavy atom. The van der Waals surface area contributed by atoms with Crippen molar-refractivity contribution in [3.05, 3.63) is 65.2 Å². The summed E-state index contributed by atoms with van der Waals surface area (Å²) < 4.78 is 13.6. The number of rotatable bonds is 5. The number of benzene rings is 1. The van der Waals surface area contributed by atoms with Gasteiger partial charge in [0.2, 0.25) is 0 Å². The van der Waals surface area contributed by atoms with Gasteiger partial charge in [-0.3, -0.25) is 4.98 Å². The predicted octanol–water partition coefficient (Wildman–Crippen LogP) is 2.77. The molecule has 1 atom stereocenters. The van der Waals surface area contributed by atoms with Crippen molar-refractivity contribution >= 4 is 5.97 Å². The van der Waals surface area contributed by atoms with Gasteiger partial charge in [0, 0.05) is 30.5 Å². The van der Waals surface area contributed by atoms with Crippen LogP contribution in [0.25, 0.3) is 0 Å². The van der Waals surface area contributed by atoms with Crippen molar-refractivity contribution in [1.82, 2.24) is 10.3 Å². The highest BCUT2D eigenvalue weighted by Crippen LogP contribution is 2.14. The fourth-order valence-corrected chi connectivity index (χ4v) is 1.86. The third kappa shape index (κ3) is 3.39. The molecule has 4 nitrogen and oxygen atoms in total.